The average Bonchev–Trinajstić information content (AvgIpc) is 2.80. The molecule has 0 aliphatic heterocycles. The lowest BCUT2D eigenvalue weighted by Gasteiger charge is -2.09. The Morgan fingerprint density at radius 1 is 1.25 bits per heavy atom. The molecule has 0 unspecified atom stereocenters. The Morgan fingerprint density at radius 2 is 1.90 bits per heavy atom. The molecule has 2 aromatic rings. The van der Waals surface area contributed by atoms with Crippen LogP contribution in [0.5, 0.6) is 0 Å². The lowest BCUT2D eigenvalue weighted by atomic mass is 10.4. The lowest BCUT2D eigenvalue weighted by molar-refractivity contribution is 0.451. The Morgan fingerprint density at radius 3 is 2.45 bits per heavy atom. The molecular weight excluding hydrogens is 405 g/mol. The van der Waals surface area contributed by atoms with E-state index >= 15 is 0 Å². The molecule has 20 heavy (non-hydrogen) atoms. The number of thiophene rings is 1. The minimum atomic E-state index is -4.22. The van der Waals surface area contributed by atoms with Gasteiger partial charge in [-0.1, -0.05) is 11.6 Å². The Bertz CT molecular complexity index is 755. The Kier molecular flexibility index (Phi) is 4.28. The molecule has 108 valence electrons. The van der Waals surface area contributed by atoms with Crippen molar-refractivity contribution in [2.24, 2.45) is 0 Å². The number of hydrogen-bond acceptors (Lipinski definition) is 4. The van der Waals surface area contributed by atoms with Gasteiger partial charge in [0.25, 0.3) is 16.0 Å². The minimum absolute atomic E-state index is 0.183. The van der Waals surface area contributed by atoms with Crippen LogP contribution < -0.4 is 4.72 Å². The summed E-state index contributed by atoms with van der Waals surface area (Å²) in [6.07, 6.45) is 0. The van der Waals surface area contributed by atoms with E-state index in [-0.39, 0.29) is 4.21 Å². The van der Waals surface area contributed by atoms with E-state index in [1.54, 1.807) is 4.72 Å². The SMILES string of the molecule is O=S(=O)(Nc1c(F)c(F)nc(F)c1Cl)c1ccc(Br)s1. The quantitative estimate of drug-likeness (QED) is 0.788. The fourth-order valence-electron chi connectivity index (χ4n) is 1.20. The molecule has 11 heteroatoms. The number of pyridine rings is 1. The molecule has 0 saturated heterocycles. The predicted octanol–water partition coefficient (Wildman–Crippen LogP) is 3.78. The highest BCUT2D eigenvalue weighted by molar-refractivity contribution is 9.11. The molecule has 0 atom stereocenters. The van der Waals surface area contributed by atoms with Crippen molar-refractivity contribution in [2.45, 2.75) is 4.21 Å². The van der Waals surface area contributed by atoms with Crippen LogP contribution in [0.15, 0.2) is 20.1 Å². The molecule has 2 heterocycles. The molecule has 0 spiro atoms. The first-order valence-electron chi connectivity index (χ1n) is 4.70. The van der Waals surface area contributed by atoms with E-state index in [0.29, 0.717) is 3.79 Å². The maximum Gasteiger partial charge on any atom is 0.271 e. The van der Waals surface area contributed by atoms with Gasteiger partial charge >= 0.3 is 0 Å². The maximum atomic E-state index is 13.5. The number of nitrogens with one attached hydrogen (secondary N) is 1. The normalized spacial score (nSPS) is 11.7. The van der Waals surface area contributed by atoms with Gasteiger partial charge < -0.3 is 0 Å². The van der Waals surface area contributed by atoms with E-state index in [0.717, 1.165) is 11.3 Å². The fourth-order valence-corrected chi connectivity index (χ4v) is 4.51. The van der Waals surface area contributed by atoms with Gasteiger partial charge in [-0.05, 0) is 28.1 Å². The summed E-state index contributed by atoms with van der Waals surface area (Å²) < 4.78 is 65.5. The van der Waals surface area contributed by atoms with E-state index in [4.69, 9.17) is 11.6 Å². The standard InChI is InChI=1S/C9H3BrClF3N2O2S2/c10-3-1-2-4(19-3)20(17,18)16-7-5(11)8(13)15-9(14)6(7)12/h1-2H,(H,15,16). The van der Waals surface area contributed by atoms with Crippen LogP contribution in [0, 0.1) is 17.7 Å². The van der Waals surface area contributed by atoms with Crippen LogP contribution in [0.4, 0.5) is 18.9 Å². The highest BCUT2D eigenvalue weighted by atomic mass is 79.9. The summed E-state index contributed by atoms with van der Waals surface area (Å²) in [4.78, 5) is 2.56. The summed E-state index contributed by atoms with van der Waals surface area (Å²) in [6.45, 7) is 0. The van der Waals surface area contributed by atoms with Crippen LogP contribution in [-0.2, 0) is 10.0 Å². The van der Waals surface area contributed by atoms with Gasteiger partial charge in [0.15, 0.2) is 0 Å². The van der Waals surface area contributed by atoms with Crippen LogP contribution in [0.3, 0.4) is 0 Å². The smallest absolute Gasteiger partial charge is 0.271 e. The van der Waals surface area contributed by atoms with Gasteiger partial charge in [-0.25, -0.2) is 8.42 Å². The van der Waals surface area contributed by atoms with E-state index in [1.165, 1.54) is 12.1 Å². The largest absolute Gasteiger partial charge is 0.274 e. The second-order valence-corrected chi connectivity index (χ2v) is 8.11. The minimum Gasteiger partial charge on any atom is -0.274 e. The molecule has 0 amide bonds. The monoisotopic (exact) mass is 406 g/mol. The molecule has 1 N–H and O–H groups in total. The van der Waals surface area contributed by atoms with Crippen molar-refractivity contribution in [3.63, 3.8) is 0 Å². The second kappa shape index (κ2) is 5.51. The van der Waals surface area contributed by atoms with E-state index < -0.39 is 38.4 Å². The molecule has 0 aromatic carbocycles. The van der Waals surface area contributed by atoms with Gasteiger partial charge in [-0.3, -0.25) is 4.72 Å². The van der Waals surface area contributed by atoms with E-state index in [1.807, 2.05) is 0 Å². The third kappa shape index (κ3) is 2.92. The highest BCUT2D eigenvalue weighted by Gasteiger charge is 2.25. The third-order valence-electron chi connectivity index (χ3n) is 2.05. The number of halogens is 5. The third-order valence-corrected chi connectivity index (χ3v) is 5.86. The topological polar surface area (TPSA) is 59.1 Å². The molecule has 0 radical (unpaired) electrons. The van der Waals surface area contributed by atoms with Crippen molar-refractivity contribution in [1.82, 2.24) is 4.98 Å². The average molecular weight is 408 g/mol. The first kappa shape index (κ1) is 15.5. The van der Waals surface area contributed by atoms with Crippen LogP contribution in [0.1, 0.15) is 0 Å². The summed E-state index contributed by atoms with van der Waals surface area (Å²) in [6, 6.07) is 2.68. The number of sulfonamides is 1. The highest BCUT2D eigenvalue weighted by Crippen LogP contribution is 2.32. The van der Waals surface area contributed by atoms with E-state index in [2.05, 4.69) is 20.9 Å². The Balaban J connectivity index is 2.50. The zero-order chi connectivity index (χ0) is 15.1. The Hall–Kier alpha value is -0.840. The molecule has 0 aliphatic carbocycles. The summed E-state index contributed by atoms with van der Waals surface area (Å²) in [7, 11) is -4.22. The number of rotatable bonds is 3. The van der Waals surface area contributed by atoms with Gasteiger partial charge in [-0.15, -0.1) is 11.3 Å². The van der Waals surface area contributed by atoms with Crippen molar-refractivity contribution in [2.75, 3.05) is 4.72 Å². The first-order valence-corrected chi connectivity index (χ1v) is 8.17. The van der Waals surface area contributed by atoms with Crippen LogP contribution in [0.25, 0.3) is 0 Å². The van der Waals surface area contributed by atoms with Gasteiger partial charge in [-0.2, -0.15) is 18.2 Å². The van der Waals surface area contributed by atoms with Crippen LogP contribution >= 0.6 is 38.9 Å². The van der Waals surface area contributed by atoms with Crippen LogP contribution in [-0.4, -0.2) is 13.4 Å². The number of nitrogens with zero attached hydrogens (tertiary/aromatic N) is 1. The second-order valence-electron chi connectivity index (χ2n) is 3.36. The van der Waals surface area contributed by atoms with Gasteiger partial charge in [0.1, 0.15) is 14.9 Å². The molecule has 2 aromatic heterocycles. The molecule has 2 rings (SSSR count). The van der Waals surface area contributed by atoms with Crippen molar-refractivity contribution in [1.29, 1.82) is 0 Å². The molecule has 0 fully saturated rings. The van der Waals surface area contributed by atoms with Gasteiger partial charge in [0.05, 0.1) is 3.79 Å². The summed E-state index contributed by atoms with van der Waals surface area (Å²) in [5.74, 6) is -5.00. The van der Waals surface area contributed by atoms with Crippen LogP contribution in [0.2, 0.25) is 5.02 Å². The Labute approximate surface area is 128 Å². The van der Waals surface area contributed by atoms with Gasteiger partial charge in [0, 0.05) is 0 Å². The molecular formula is C9H3BrClF3N2O2S2. The summed E-state index contributed by atoms with van der Waals surface area (Å²) in [5, 5.41) is -0.955. The zero-order valence-corrected chi connectivity index (χ0v) is 13.1. The molecule has 0 aliphatic rings. The summed E-state index contributed by atoms with van der Waals surface area (Å²) in [5.41, 5.74) is -1.03. The molecule has 4 nitrogen and oxygen atoms in total. The molecule has 0 bridgehead atoms. The maximum absolute atomic E-state index is 13.5. The van der Waals surface area contributed by atoms with Crippen molar-refractivity contribution >= 4 is 54.6 Å². The number of aromatic nitrogens is 1. The van der Waals surface area contributed by atoms with Crippen molar-refractivity contribution < 1.29 is 21.6 Å². The molecule has 0 saturated carbocycles. The number of anilines is 1. The van der Waals surface area contributed by atoms with Crippen molar-refractivity contribution in [3.8, 4) is 0 Å². The van der Waals surface area contributed by atoms with E-state index in [9.17, 15) is 21.6 Å². The lowest BCUT2D eigenvalue weighted by Crippen LogP contribution is -2.15. The zero-order valence-electron chi connectivity index (χ0n) is 9.12. The van der Waals surface area contributed by atoms with Gasteiger partial charge in [0.2, 0.25) is 11.8 Å². The first-order chi connectivity index (χ1) is 9.22. The number of hydrogen-bond donors (Lipinski definition) is 1. The summed E-state index contributed by atoms with van der Waals surface area (Å²) >= 11 is 9.28. The van der Waals surface area contributed by atoms with Crippen molar-refractivity contribution in [3.05, 3.63) is 38.7 Å². The fraction of sp³-hybridized carbons (Fsp3) is 0. The predicted molar refractivity (Wildman–Crippen MR) is 71.9 cm³/mol.